The second-order valence-corrected chi connectivity index (χ2v) is 8.62. The molecule has 0 spiro atoms. The van der Waals surface area contributed by atoms with Crippen LogP contribution in [0.1, 0.15) is 41.4 Å². The van der Waals surface area contributed by atoms with Gasteiger partial charge in [-0.1, -0.05) is 13.8 Å². The molecule has 2 aliphatic heterocycles. The van der Waals surface area contributed by atoms with Crippen molar-refractivity contribution in [3.63, 3.8) is 0 Å². The number of hydrogen-bond acceptors (Lipinski definition) is 5. The van der Waals surface area contributed by atoms with Crippen LogP contribution in [0.5, 0.6) is 0 Å². The largest absolute Gasteiger partial charge is 0.387 e. The van der Waals surface area contributed by atoms with Crippen LogP contribution < -0.4 is 0 Å². The molecule has 0 aliphatic carbocycles. The number of rotatable bonds is 4. The van der Waals surface area contributed by atoms with E-state index in [4.69, 9.17) is 0 Å². The second kappa shape index (κ2) is 7.12. The van der Waals surface area contributed by atoms with Gasteiger partial charge in [-0.2, -0.15) is 0 Å². The lowest BCUT2D eigenvalue weighted by atomic mass is 10.0. The van der Waals surface area contributed by atoms with E-state index in [9.17, 15) is 9.90 Å². The van der Waals surface area contributed by atoms with Crippen LogP contribution in [0.25, 0.3) is 0 Å². The summed E-state index contributed by atoms with van der Waals surface area (Å²) < 4.78 is 0. The first-order valence-corrected chi connectivity index (χ1v) is 9.75. The molecule has 2 saturated heterocycles. The van der Waals surface area contributed by atoms with Crippen molar-refractivity contribution in [1.29, 1.82) is 0 Å². The zero-order valence-corrected chi connectivity index (χ0v) is 15.8. The van der Waals surface area contributed by atoms with Crippen LogP contribution in [-0.4, -0.2) is 84.2 Å². The van der Waals surface area contributed by atoms with E-state index in [1.807, 2.05) is 16.3 Å². The van der Waals surface area contributed by atoms with Crippen molar-refractivity contribution in [3.8, 4) is 0 Å². The molecule has 1 N–H and O–H groups in total. The van der Waals surface area contributed by atoms with Crippen molar-refractivity contribution in [2.45, 2.75) is 31.8 Å². The molecule has 134 valence electrons. The fourth-order valence-corrected chi connectivity index (χ4v) is 4.43. The lowest BCUT2D eigenvalue weighted by Crippen LogP contribution is -2.52. The molecule has 5 nitrogen and oxygen atoms in total. The van der Waals surface area contributed by atoms with E-state index >= 15 is 0 Å². The van der Waals surface area contributed by atoms with Gasteiger partial charge in [0.2, 0.25) is 0 Å². The van der Waals surface area contributed by atoms with Gasteiger partial charge in [-0.05, 0) is 25.5 Å². The first-order chi connectivity index (χ1) is 11.4. The normalized spacial score (nSPS) is 26.5. The van der Waals surface area contributed by atoms with E-state index in [0.717, 1.165) is 31.7 Å². The van der Waals surface area contributed by atoms with Gasteiger partial charge in [0.15, 0.2) is 0 Å². The molecule has 1 aromatic heterocycles. The van der Waals surface area contributed by atoms with Crippen molar-refractivity contribution >= 4 is 17.2 Å². The Morgan fingerprint density at radius 1 is 1.29 bits per heavy atom. The van der Waals surface area contributed by atoms with Crippen molar-refractivity contribution in [3.05, 3.63) is 21.9 Å². The maximum Gasteiger partial charge on any atom is 0.254 e. The molecule has 0 bridgehead atoms. The minimum absolute atomic E-state index is 0.0625. The number of likely N-dealkylation sites (tertiary alicyclic amines) is 1. The highest BCUT2D eigenvalue weighted by atomic mass is 32.1. The first kappa shape index (κ1) is 17.9. The summed E-state index contributed by atoms with van der Waals surface area (Å²) in [5, 5.41) is 12.9. The number of amides is 1. The molecule has 1 atom stereocenters. The summed E-state index contributed by atoms with van der Waals surface area (Å²) in [6, 6.07) is 2.01. The number of carbonyl (C=O) groups is 1. The summed E-state index contributed by atoms with van der Waals surface area (Å²) in [5.74, 6) is 0.511. The van der Waals surface area contributed by atoms with Gasteiger partial charge in [0.1, 0.15) is 0 Å². The van der Waals surface area contributed by atoms with Crippen molar-refractivity contribution in [2.24, 2.45) is 0 Å². The predicted octanol–water partition coefficient (Wildman–Crippen LogP) is 1.70. The van der Waals surface area contributed by atoms with E-state index in [2.05, 4.69) is 30.7 Å². The summed E-state index contributed by atoms with van der Waals surface area (Å²) in [6.07, 6.45) is 0.673. The molecule has 2 fully saturated rings. The number of carbonyl (C=O) groups excluding carboxylic acids is 1. The molecule has 1 aromatic rings. The molecule has 0 saturated carbocycles. The van der Waals surface area contributed by atoms with Gasteiger partial charge in [0.05, 0.1) is 17.7 Å². The highest BCUT2D eigenvalue weighted by molar-refractivity contribution is 7.10. The Morgan fingerprint density at radius 3 is 2.62 bits per heavy atom. The van der Waals surface area contributed by atoms with Gasteiger partial charge < -0.3 is 14.9 Å². The number of hydrogen-bond donors (Lipinski definition) is 1. The highest BCUT2D eigenvalue weighted by Crippen LogP contribution is 2.28. The third-order valence-corrected chi connectivity index (χ3v) is 6.40. The molecule has 3 rings (SSSR count). The molecule has 1 amide bonds. The second-order valence-electron chi connectivity index (χ2n) is 7.67. The maximum atomic E-state index is 12.7. The molecular formula is C18H29N3O2S. The molecule has 24 heavy (non-hydrogen) atoms. The number of thiophene rings is 1. The van der Waals surface area contributed by atoms with E-state index < -0.39 is 5.60 Å². The molecule has 6 heteroatoms. The van der Waals surface area contributed by atoms with E-state index in [1.54, 1.807) is 11.3 Å². The van der Waals surface area contributed by atoms with Gasteiger partial charge in [-0.25, -0.2) is 0 Å². The Hall–Kier alpha value is -0.950. The summed E-state index contributed by atoms with van der Waals surface area (Å²) in [5.41, 5.74) is 0.00944. The standard InChI is InChI=1S/C18H29N3O2S/c1-14(2)16-10-15(11-24-16)17(22)21-5-4-18(23,13-21)12-20-8-6-19(3)7-9-20/h10-11,14,23H,4-9,12-13H2,1-3H3. The first-order valence-electron chi connectivity index (χ1n) is 8.87. The van der Waals surface area contributed by atoms with Gasteiger partial charge in [0.25, 0.3) is 5.91 Å². The van der Waals surface area contributed by atoms with Crippen LogP contribution in [0.4, 0.5) is 0 Å². The third kappa shape index (κ3) is 3.99. The minimum Gasteiger partial charge on any atom is -0.387 e. The minimum atomic E-state index is -0.761. The van der Waals surface area contributed by atoms with Crippen LogP contribution in [0.3, 0.4) is 0 Å². The quantitative estimate of drug-likeness (QED) is 0.897. The fourth-order valence-electron chi connectivity index (χ4n) is 3.53. The van der Waals surface area contributed by atoms with Gasteiger partial charge in [0, 0.05) is 49.5 Å². The van der Waals surface area contributed by atoms with Gasteiger partial charge in [-0.15, -0.1) is 11.3 Å². The topological polar surface area (TPSA) is 47.0 Å². The molecule has 3 heterocycles. The molecule has 0 aromatic carbocycles. The molecular weight excluding hydrogens is 322 g/mol. The van der Waals surface area contributed by atoms with Crippen molar-refractivity contribution in [2.75, 3.05) is 52.9 Å². The summed E-state index contributed by atoms with van der Waals surface area (Å²) in [6.45, 7) is 10.1. The maximum absolute atomic E-state index is 12.7. The Labute approximate surface area is 148 Å². The van der Waals surface area contributed by atoms with Crippen molar-refractivity contribution < 1.29 is 9.90 Å². The lowest BCUT2D eigenvalue weighted by Gasteiger charge is -2.36. The highest BCUT2D eigenvalue weighted by Gasteiger charge is 2.40. The van der Waals surface area contributed by atoms with E-state index in [-0.39, 0.29) is 5.91 Å². The fraction of sp³-hybridized carbons (Fsp3) is 0.722. The average molecular weight is 352 g/mol. The monoisotopic (exact) mass is 351 g/mol. The Kier molecular flexibility index (Phi) is 5.30. The van der Waals surface area contributed by atoms with Gasteiger partial charge in [-0.3, -0.25) is 9.69 Å². The number of β-amino-alcohol motifs (C(OH)–C–C–N with tert-alkyl or cyclic N) is 1. The predicted molar refractivity (Wildman–Crippen MR) is 97.8 cm³/mol. The zero-order chi connectivity index (χ0) is 17.3. The van der Waals surface area contributed by atoms with Crippen molar-refractivity contribution in [1.82, 2.24) is 14.7 Å². The molecule has 1 unspecified atom stereocenters. The molecule has 2 aliphatic rings. The van der Waals surface area contributed by atoms with Crippen LogP contribution in [0, 0.1) is 0 Å². The van der Waals surface area contributed by atoms with Crippen LogP contribution in [-0.2, 0) is 0 Å². The van der Waals surface area contributed by atoms with Crippen LogP contribution in [0.15, 0.2) is 11.4 Å². The van der Waals surface area contributed by atoms with Gasteiger partial charge >= 0.3 is 0 Å². The zero-order valence-electron chi connectivity index (χ0n) is 15.0. The molecule has 0 radical (unpaired) electrons. The Bertz CT molecular complexity index is 581. The number of piperazine rings is 1. The Balaban J connectivity index is 1.58. The number of aliphatic hydroxyl groups is 1. The number of nitrogens with zero attached hydrogens (tertiary/aromatic N) is 3. The summed E-state index contributed by atoms with van der Waals surface area (Å²) in [7, 11) is 2.13. The smallest absolute Gasteiger partial charge is 0.254 e. The summed E-state index contributed by atoms with van der Waals surface area (Å²) in [4.78, 5) is 20.4. The van der Waals surface area contributed by atoms with E-state index in [0.29, 0.717) is 32.0 Å². The SMILES string of the molecule is CC(C)c1cc(C(=O)N2CCC(O)(CN3CCN(C)CC3)C2)cs1. The van der Waals surface area contributed by atoms with Crippen LogP contribution >= 0.6 is 11.3 Å². The van der Waals surface area contributed by atoms with Crippen LogP contribution in [0.2, 0.25) is 0 Å². The van der Waals surface area contributed by atoms with E-state index in [1.165, 1.54) is 4.88 Å². The number of likely N-dealkylation sites (N-methyl/N-ethyl adjacent to an activating group) is 1. The Morgan fingerprint density at radius 2 is 2.00 bits per heavy atom. The lowest BCUT2D eigenvalue weighted by molar-refractivity contribution is 0.000530. The average Bonchev–Trinajstić information content (AvgIpc) is 3.16. The summed E-state index contributed by atoms with van der Waals surface area (Å²) >= 11 is 1.65. The third-order valence-electron chi connectivity index (χ3n) is 5.17.